The fourth-order valence-electron chi connectivity index (χ4n) is 3.91. The average molecular weight is 449 g/mol. The number of hydrazine groups is 1. The minimum Gasteiger partial charge on any atom is -0.351 e. The molecule has 4 nitrogen and oxygen atoms in total. The number of nitrogens with zero attached hydrogens (tertiary/aromatic N) is 2. The van der Waals surface area contributed by atoms with Crippen LogP contribution in [-0.4, -0.2) is 9.80 Å². The van der Waals surface area contributed by atoms with E-state index in [2.05, 4.69) is 125 Å². The van der Waals surface area contributed by atoms with Crippen LogP contribution in [0.5, 0.6) is 0 Å². The maximum Gasteiger partial charge on any atom is 0.0485 e. The minimum absolute atomic E-state index is 0.424. The van der Waals surface area contributed by atoms with Gasteiger partial charge in [-0.1, -0.05) is 103 Å². The molecule has 2 aliphatic heterocycles. The third kappa shape index (κ3) is 6.99. The first-order chi connectivity index (χ1) is 16.8. The quantitative estimate of drug-likeness (QED) is 0.344. The van der Waals surface area contributed by atoms with Gasteiger partial charge in [0, 0.05) is 55.4 Å². The highest BCUT2D eigenvalue weighted by Crippen LogP contribution is 2.26. The van der Waals surface area contributed by atoms with Crippen molar-refractivity contribution in [1.82, 2.24) is 9.80 Å². The van der Waals surface area contributed by atoms with Crippen molar-refractivity contribution in [3.05, 3.63) is 151 Å². The summed E-state index contributed by atoms with van der Waals surface area (Å²) in [7, 11) is 0. The monoisotopic (exact) mass is 448 g/mol. The van der Waals surface area contributed by atoms with Crippen LogP contribution in [0.25, 0.3) is 0 Å². The molecule has 0 unspecified atom stereocenters. The predicted molar refractivity (Wildman–Crippen MR) is 142 cm³/mol. The van der Waals surface area contributed by atoms with Gasteiger partial charge in [-0.15, -0.1) is 0 Å². The summed E-state index contributed by atoms with van der Waals surface area (Å²) in [5, 5.41) is 0. The van der Waals surface area contributed by atoms with Crippen molar-refractivity contribution in [2.75, 3.05) is 5.43 Å². The van der Waals surface area contributed by atoms with Crippen molar-refractivity contribution in [3.8, 4) is 0 Å². The van der Waals surface area contributed by atoms with E-state index in [1.54, 1.807) is 0 Å². The topological polar surface area (TPSA) is 44.5 Å². The summed E-state index contributed by atoms with van der Waals surface area (Å²) in [5.41, 5.74) is 6.12. The Morgan fingerprint density at radius 1 is 0.529 bits per heavy atom. The second-order valence-electron chi connectivity index (χ2n) is 8.35. The van der Waals surface area contributed by atoms with Crippen molar-refractivity contribution in [1.29, 1.82) is 0 Å². The van der Waals surface area contributed by atoms with Gasteiger partial charge in [0.2, 0.25) is 0 Å². The zero-order valence-electron chi connectivity index (χ0n) is 19.3. The SMILES string of the molecule is C1=CN(Cc2ccccc2)C=CC1C1C=CN(Cc2ccccc2)C=C1.NNc1ccccc1. The molecule has 0 bridgehead atoms. The Morgan fingerprint density at radius 3 is 1.21 bits per heavy atom. The number of hydrogen-bond acceptors (Lipinski definition) is 4. The summed E-state index contributed by atoms with van der Waals surface area (Å²) < 4.78 is 0. The molecular formula is C30H32N4. The van der Waals surface area contributed by atoms with E-state index < -0.39 is 0 Å². The molecule has 3 aromatic carbocycles. The third-order valence-electron chi connectivity index (χ3n) is 5.80. The van der Waals surface area contributed by atoms with E-state index >= 15 is 0 Å². The highest BCUT2D eigenvalue weighted by Gasteiger charge is 2.17. The molecule has 0 fully saturated rings. The van der Waals surface area contributed by atoms with Gasteiger partial charge in [0.15, 0.2) is 0 Å². The lowest BCUT2D eigenvalue weighted by Crippen LogP contribution is -2.20. The minimum atomic E-state index is 0.424. The molecule has 0 atom stereocenters. The van der Waals surface area contributed by atoms with Crippen molar-refractivity contribution < 1.29 is 0 Å². The molecule has 5 rings (SSSR count). The molecule has 0 aliphatic carbocycles. The van der Waals surface area contributed by atoms with Crippen LogP contribution in [0.3, 0.4) is 0 Å². The van der Waals surface area contributed by atoms with Gasteiger partial charge in [0.1, 0.15) is 0 Å². The Hall–Kier alpha value is -4.02. The Kier molecular flexibility index (Phi) is 8.36. The number of rotatable bonds is 6. The van der Waals surface area contributed by atoms with Crippen molar-refractivity contribution >= 4 is 5.69 Å². The van der Waals surface area contributed by atoms with Crippen LogP contribution in [0, 0.1) is 11.8 Å². The van der Waals surface area contributed by atoms with Crippen LogP contribution >= 0.6 is 0 Å². The Balaban J connectivity index is 0.000000291. The first-order valence-electron chi connectivity index (χ1n) is 11.6. The number of para-hydroxylation sites is 1. The number of hydrogen-bond donors (Lipinski definition) is 2. The molecule has 3 aromatic rings. The highest BCUT2D eigenvalue weighted by molar-refractivity contribution is 5.40. The number of nitrogen functional groups attached to an aromatic ring is 1. The van der Waals surface area contributed by atoms with Crippen molar-refractivity contribution in [2.24, 2.45) is 17.7 Å². The lowest BCUT2D eigenvalue weighted by atomic mass is 9.89. The van der Waals surface area contributed by atoms with E-state index in [1.807, 2.05) is 30.3 Å². The van der Waals surface area contributed by atoms with E-state index in [0.29, 0.717) is 11.8 Å². The van der Waals surface area contributed by atoms with Gasteiger partial charge in [0.25, 0.3) is 0 Å². The molecule has 0 aromatic heterocycles. The molecule has 0 amide bonds. The van der Waals surface area contributed by atoms with E-state index in [4.69, 9.17) is 5.84 Å². The summed E-state index contributed by atoms with van der Waals surface area (Å²) in [6, 6.07) is 30.8. The number of anilines is 1. The number of nitrogens with one attached hydrogen (secondary N) is 1. The van der Waals surface area contributed by atoms with Crippen molar-refractivity contribution in [2.45, 2.75) is 13.1 Å². The van der Waals surface area contributed by atoms with Gasteiger partial charge in [0.05, 0.1) is 0 Å². The molecule has 2 aliphatic rings. The van der Waals surface area contributed by atoms with Crippen LogP contribution in [0.4, 0.5) is 5.69 Å². The first-order valence-corrected chi connectivity index (χ1v) is 11.6. The van der Waals surface area contributed by atoms with Crippen LogP contribution in [0.1, 0.15) is 11.1 Å². The van der Waals surface area contributed by atoms with Gasteiger partial charge >= 0.3 is 0 Å². The molecule has 2 heterocycles. The average Bonchev–Trinajstić information content (AvgIpc) is 2.92. The number of nitrogens with two attached hydrogens (primary N) is 1. The molecule has 0 saturated heterocycles. The number of benzene rings is 3. The first kappa shape index (κ1) is 23.1. The lowest BCUT2D eigenvalue weighted by molar-refractivity contribution is 0.453. The number of allylic oxidation sites excluding steroid dienone is 4. The van der Waals surface area contributed by atoms with E-state index in [0.717, 1.165) is 18.8 Å². The zero-order valence-corrected chi connectivity index (χ0v) is 19.3. The van der Waals surface area contributed by atoms with E-state index in [9.17, 15) is 0 Å². The van der Waals surface area contributed by atoms with E-state index in [-0.39, 0.29) is 0 Å². The highest BCUT2D eigenvalue weighted by atomic mass is 15.2. The van der Waals surface area contributed by atoms with Crippen LogP contribution in [-0.2, 0) is 13.1 Å². The molecule has 4 heteroatoms. The molecule has 34 heavy (non-hydrogen) atoms. The fraction of sp³-hybridized carbons (Fsp3) is 0.133. The van der Waals surface area contributed by atoms with Gasteiger partial charge < -0.3 is 15.2 Å². The predicted octanol–water partition coefficient (Wildman–Crippen LogP) is 6.28. The normalized spacial score (nSPS) is 15.2. The summed E-state index contributed by atoms with van der Waals surface area (Å²) in [5.74, 6) is 5.95. The Morgan fingerprint density at radius 2 is 0.882 bits per heavy atom. The molecule has 3 N–H and O–H groups in total. The third-order valence-corrected chi connectivity index (χ3v) is 5.80. The van der Waals surface area contributed by atoms with Crippen LogP contribution in [0.15, 0.2) is 140 Å². The van der Waals surface area contributed by atoms with Crippen LogP contribution < -0.4 is 11.3 Å². The molecular weight excluding hydrogens is 416 g/mol. The lowest BCUT2D eigenvalue weighted by Gasteiger charge is -2.27. The molecule has 0 spiro atoms. The summed E-state index contributed by atoms with van der Waals surface area (Å²) in [6.07, 6.45) is 18.0. The standard InChI is InChI=1S/C24H24N2.C6H8N2/c1-3-7-21(8-4-1)19-25-15-11-23(12-16-25)24-13-17-26(18-14-24)20-22-9-5-2-6-10-22;7-8-6-4-2-1-3-5-6/h1-18,23-24H,19-20H2;1-5,8H,7H2. The smallest absolute Gasteiger partial charge is 0.0485 e. The summed E-state index contributed by atoms with van der Waals surface area (Å²) >= 11 is 0. The van der Waals surface area contributed by atoms with Gasteiger partial charge in [-0.3, -0.25) is 5.84 Å². The Labute approximate surface area is 203 Å². The zero-order chi connectivity index (χ0) is 23.4. The van der Waals surface area contributed by atoms with Crippen molar-refractivity contribution in [3.63, 3.8) is 0 Å². The Bertz CT molecular complexity index is 1000. The summed E-state index contributed by atoms with van der Waals surface area (Å²) in [6.45, 7) is 1.84. The maximum absolute atomic E-state index is 5.10. The second kappa shape index (κ2) is 12.3. The second-order valence-corrected chi connectivity index (χ2v) is 8.35. The van der Waals surface area contributed by atoms with Gasteiger partial charge in [-0.05, 0) is 23.3 Å². The summed E-state index contributed by atoms with van der Waals surface area (Å²) in [4.78, 5) is 4.48. The maximum atomic E-state index is 5.10. The van der Waals surface area contributed by atoms with E-state index in [1.165, 1.54) is 11.1 Å². The molecule has 0 saturated carbocycles. The molecule has 0 radical (unpaired) electrons. The fourth-order valence-corrected chi connectivity index (χ4v) is 3.91. The van der Waals surface area contributed by atoms with Crippen LogP contribution in [0.2, 0.25) is 0 Å². The largest absolute Gasteiger partial charge is 0.351 e. The van der Waals surface area contributed by atoms with Gasteiger partial charge in [-0.2, -0.15) is 0 Å². The van der Waals surface area contributed by atoms with Gasteiger partial charge in [-0.25, -0.2) is 0 Å². The molecule has 172 valence electrons.